The average molecular weight is 301 g/mol. The summed E-state index contributed by atoms with van der Waals surface area (Å²) in [6.07, 6.45) is 2.88. The predicted octanol–water partition coefficient (Wildman–Crippen LogP) is 2.37. The summed E-state index contributed by atoms with van der Waals surface area (Å²) in [6.45, 7) is 0. The van der Waals surface area contributed by atoms with Gasteiger partial charge in [-0.1, -0.05) is 18.2 Å². The largest absolute Gasteiger partial charge is 0.329 e. The second kappa shape index (κ2) is 5.33. The van der Waals surface area contributed by atoms with Crippen molar-refractivity contribution in [3.05, 3.63) is 54.4 Å². The van der Waals surface area contributed by atoms with Crippen LogP contribution in [0.25, 0.3) is 22.4 Å². The number of aromatic nitrogens is 3. The van der Waals surface area contributed by atoms with Crippen molar-refractivity contribution in [1.82, 2.24) is 15.0 Å². The van der Waals surface area contributed by atoms with Crippen LogP contribution in [0, 0.1) is 0 Å². The summed E-state index contributed by atoms with van der Waals surface area (Å²) in [5.41, 5.74) is 1.79. The topological polar surface area (TPSA) is 96.2 Å². The first kappa shape index (κ1) is 13.8. The molecule has 0 saturated carbocycles. The molecule has 2 aromatic heterocycles. The molecule has 21 heavy (non-hydrogen) atoms. The van der Waals surface area contributed by atoms with Crippen LogP contribution in [0.5, 0.6) is 0 Å². The minimum absolute atomic E-state index is 0.323. The summed E-state index contributed by atoms with van der Waals surface area (Å²) in [5, 5.41) is 0.924. The SMILES string of the molecule is O=P(O)(O)Cc1ccnc(-c2ncc3ccccc3n2)c1. The number of nitrogens with zero attached hydrogens (tertiary/aromatic N) is 3. The molecule has 3 rings (SSSR count). The highest BCUT2D eigenvalue weighted by Crippen LogP contribution is 2.39. The lowest BCUT2D eigenvalue weighted by atomic mass is 10.2. The fraction of sp³-hybridized carbons (Fsp3) is 0.0714. The van der Waals surface area contributed by atoms with Gasteiger partial charge in [0.15, 0.2) is 5.82 Å². The molecule has 1 aromatic carbocycles. The quantitative estimate of drug-likeness (QED) is 0.721. The number of rotatable bonds is 3. The van der Waals surface area contributed by atoms with Crippen molar-refractivity contribution in [3.8, 4) is 11.5 Å². The number of benzene rings is 1. The zero-order valence-electron chi connectivity index (χ0n) is 10.9. The number of hydrogen-bond donors (Lipinski definition) is 2. The van der Waals surface area contributed by atoms with E-state index in [1.165, 1.54) is 6.20 Å². The Morgan fingerprint density at radius 3 is 2.71 bits per heavy atom. The smallest absolute Gasteiger partial charge is 0.324 e. The molecule has 7 heteroatoms. The summed E-state index contributed by atoms with van der Waals surface area (Å²) >= 11 is 0. The second-order valence-corrected chi connectivity index (χ2v) is 6.27. The van der Waals surface area contributed by atoms with E-state index in [0.717, 1.165) is 10.9 Å². The van der Waals surface area contributed by atoms with Gasteiger partial charge in [-0.2, -0.15) is 0 Å². The second-order valence-electron chi connectivity index (χ2n) is 4.62. The third-order valence-corrected chi connectivity index (χ3v) is 3.71. The Hall–Kier alpha value is -2.14. The van der Waals surface area contributed by atoms with E-state index >= 15 is 0 Å². The van der Waals surface area contributed by atoms with Gasteiger partial charge in [0.25, 0.3) is 0 Å². The highest BCUT2D eigenvalue weighted by atomic mass is 31.2. The van der Waals surface area contributed by atoms with Crippen molar-refractivity contribution in [2.45, 2.75) is 6.16 Å². The van der Waals surface area contributed by atoms with E-state index in [9.17, 15) is 4.57 Å². The molecule has 2 heterocycles. The maximum absolute atomic E-state index is 11.1. The predicted molar refractivity (Wildman–Crippen MR) is 78.5 cm³/mol. The Labute approximate surface area is 120 Å². The Morgan fingerprint density at radius 1 is 1.10 bits per heavy atom. The van der Waals surface area contributed by atoms with Gasteiger partial charge in [0.2, 0.25) is 0 Å². The van der Waals surface area contributed by atoms with Crippen LogP contribution in [0.15, 0.2) is 48.8 Å². The van der Waals surface area contributed by atoms with Crippen molar-refractivity contribution in [3.63, 3.8) is 0 Å². The molecular weight excluding hydrogens is 289 g/mol. The van der Waals surface area contributed by atoms with Gasteiger partial charge in [-0.05, 0) is 23.8 Å². The van der Waals surface area contributed by atoms with E-state index in [4.69, 9.17) is 9.79 Å². The molecule has 2 N–H and O–H groups in total. The van der Waals surface area contributed by atoms with E-state index in [0.29, 0.717) is 17.1 Å². The van der Waals surface area contributed by atoms with Crippen molar-refractivity contribution in [2.75, 3.05) is 0 Å². The van der Waals surface area contributed by atoms with E-state index in [2.05, 4.69) is 15.0 Å². The monoisotopic (exact) mass is 301 g/mol. The normalized spacial score (nSPS) is 11.7. The molecule has 0 amide bonds. The maximum Gasteiger partial charge on any atom is 0.329 e. The maximum atomic E-state index is 11.1. The van der Waals surface area contributed by atoms with E-state index < -0.39 is 7.60 Å². The molecule has 0 aliphatic carbocycles. The van der Waals surface area contributed by atoms with Crippen LogP contribution in [-0.2, 0) is 10.7 Å². The molecule has 0 bridgehead atoms. The van der Waals surface area contributed by atoms with Crippen LogP contribution in [-0.4, -0.2) is 24.7 Å². The number of para-hydroxylation sites is 1. The average Bonchev–Trinajstić information content (AvgIpc) is 2.45. The molecule has 0 aliphatic rings. The standard InChI is InChI=1S/C14H12N3O3P/c18-21(19,20)9-10-5-6-15-13(7-10)14-16-8-11-3-1-2-4-12(11)17-14/h1-8H,9H2,(H2,18,19,20). The minimum Gasteiger partial charge on any atom is -0.324 e. The van der Waals surface area contributed by atoms with E-state index in [1.807, 2.05) is 24.3 Å². The van der Waals surface area contributed by atoms with Crippen LogP contribution in [0.1, 0.15) is 5.56 Å². The van der Waals surface area contributed by atoms with Gasteiger partial charge in [-0.3, -0.25) is 9.55 Å². The first-order valence-corrected chi connectivity index (χ1v) is 8.03. The number of hydrogen-bond acceptors (Lipinski definition) is 4. The van der Waals surface area contributed by atoms with Crippen LogP contribution >= 0.6 is 7.60 Å². The summed E-state index contributed by atoms with van der Waals surface area (Å²) < 4.78 is 11.1. The molecule has 0 radical (unpaired) electrons. The van der Waals surface area contributed by atoms with Crippen molar-refractivity contribution < 1.29 is 14.4 Å². The minimum atomic E-state index is -4.11. The Kier molecular flexibility index (Phi) is 3.51. The van der Waals surface area contributed by atoms with Gasteiger partial charge in [-0.25, -0.2) is 9.97 Å². The lowest BCUT2D eigenvalue weighted by Crippen LogP contribution is -1.94. The first-order valence-electron chi connectivity index (χ1n) is 6.23. The molecule has 0 fully saturated rings. The third kappa shape index (κ3) is 3.31. The van der Waals surface area contributed by atoms with Crippen molar-refractivity contribution in [1.29, 1.82) is 0 Å². The number of fused-ring (bicyclic) bond motifs is 1. The van der Waals surface area contributed by atoms with Crippen LogP contribution in [0.2, 0.25) is 0 Å². The third-order valence-electron chi connectivity index (χ3n) is 2.93. The van der Waals surface area contributed by atoms with Crippen molar-refractivity contribution in [2.24, 2.45) is 0 Å². The van der Waals surface area contributed by atoms with E-state index in [1.54, 1.807) is 18.3 Å². The zero-order valence-corrected chi connectivity index (χ0v) is 11.8. The van der Waals surface area contributed by atoms with Gasteiger partial charge < -0.3 is 9.79 Å². The lowest BCUT2D eigenvalue weighted by molar-refractivity contribution is 0.371. The Bertz CT molecular complexity index is 847. The molecule has 0 aliphatic heterocycles. The summed E-state index contributed by atoms with van der Waals surface area (Å²) in [6, 6.07) is 10.8. The van der Waals surface area contributed by atoms with Gasteiger partial charge in [0, 0.05) is 17.8 Å². The first-order chi connectivity index (χ1) is 10.0. The molecule has 0 unspecified atom stereocenters. The van der Waals surface area contributed by atoms with Crippen LogP contribution in [0.3, 0.4) is 0 Å². The van der Waals surface area contributed by atoms with Crippen LogP contribution < -0.4 is 0 Å². The molecule has 0 atom stereocenters. The highest BCUT2D eigenvalue weighted by molar-refractivity contribution is 7.50. The number of pyridine rings is 1. The van der Waals surface area contributed by atoms with Crippen molar-refractivity contribution >= 4 is 18.5 Å². The van der Waals surface area contributed by atoms with Gasteiger partial charge >= 0.3 is 7.60 Å². The molecule has 3 aromatic rings. The Balaban J connectivity index is 2.02. The summed E-state index contributed by atoms with van der Waals surface area (Å²) in [4.78, 5) is 30.9. The van der Waals surface area contributed by atoms with Gasteiger partial charge in [-0.15, -0.1) is 0 Å². The molecule has 106 valence electrons. The fourth-order valence-electron chi connectivity index (χ4n) is 2.03. The van der Waals surface area contributed by atoms with Gasteiger partial charge in [0.05, 0.1) is 11.7 Å². The summed E-state index contributed by atoms with van der Waals surface area (Å²) in [7, 11) is -4.11. The van der Waals surface area contributed by atoms with Gasteiger partial charge in [0.1, 0.15) is 5.69 Å². The summed E-state index contributed by atoms with van der Waals surface area (Å²) in [5.74, 6) is 0.432. The molecule has 6 nitrogen and oxygen atoms in total. The van der Waals surface area contributed by atoms with E-state index in [-0.39, 0.29) is 6.16 Å². The molecular formula is C14H12N3O3P. The molecule has 0 spiro atoms. The molecule has 0 saturated heterocycles. The fourth-order valence-corrected chi connectivity index (χ4v) is 2.70. The zero-order chi connectivity index (χ0) is 14.9. The lowest BCUT2D eigenvalue weighted by Gasteiger charge is -2.06. The van der Waals surface area contributed by atoms with Crippen LogP contribution in [0.4, 0.5) is 0 Å². The Morgan fingerprint density at radius 2 is 1.90 bits per heavy atom. The highest BCUT2D eigenvalue weighted by Gasteiger charge is 2.15.